The van der Waals surface area contributed by atoms with E-state index in [9.17, 15) is 4.79 Å². The van der Waals surface area contributed by atoms with Crippen LogP contribution in [0, 0.1) is 12.8 Å². The van der Waals surface area contributed by atoms with E-state index in [0.29, 0.717) is 6.54 Å². The van der Waals surface area contributed by atoms with Gasteiger partial charge in [-0.2, -0.15) is 5.10 Å². The summed E-state index contributed by atoms with van der Waals surface area (Å²) >= 11 is 0. The fourth-order valence-corrected chi connectivity index (χ4v) is 3.55. The Hall–Kier alpha value is -2.63. The Morgan fingerprint density at radius 3 is 2.52 bits per heavy atom. The fraction of sp³-hybridized carbons (Fsp3) is 0.476. The number of aryl methyl sites for hydroxylation is 1. The molecule has 1 aromatic heterocycles. The van der Waals surface area contributed by atoms with Gasteiger partial charge in [0.25, 0.3) is 0 Å². The molecule has 1 unspecified atom stereocenters. The first-order valence-corrected chi connectivity index (χ1v) is 9.81. The van der Waals surface area contributed by atoms with Gasteiger partial charge < -0.3 is 15.1 Å². The van der Waals surface area contributed by atoms with Crippen LogP contribution >= 0.6 is 0 Å². The Bertz CT molecular complexity index is 740. The quantitative estimate of drug-likeness (QED) is 0.847. The van der Waals surface area contributed by atoms with E-state index in [0.717, 1.165) is 49.7 Å². The molecule has 1 aromatic carbocycles. The van der Waals surface area contributed by atoms with Crippen molar-refractivity contribution in [3.63, 3.8) is 0 Å². The zero-order chi connectivity index (χ0) is 19.2. The van der Waals surface area contributed by atoms with Crippen molar-refractivity contribution in [2.75, 3.05) is 41.3 Å². The van der Waals surface area contributed by atoms with Crippen LogP contribution in [-0.2, 0) is 4.79 Å². The molecule has 2 aromatic rings. The number of carbonyl (C=O) groups is 1. The van der Waals surface area contributed by atoms with Crippen molar-refractivity contribution in [1.29, 1.82) is 0 Å². The third kappa shape index (κ3) is 4.76. The lowest BCUT2D eigenvalue weighted by atomic mass is 9.97. The van der Waals surface area contributed by atoms with Crippen molar-refractivity contribution in [2.24, 2.45) is 5.92 Å². The molecule has 0 bridgehead atoms. The molecule has 0 spiro atoms. The Kier molecular flexibility index (Phi) is 6.27. The summed E-state index contributed by atoms with van der Waals surface area (Å²) < 4.78 is 0. The second-order valence-corrected chi connectivity index (χ2v) is 7.03. The number of nitrogens with one attached hydrogen (secondary N) is 1. The van der Waals surface area contributed by atoms with Crippen LogP contribution in [0.15, 0.2) is 36.4 Å². The smallest absolute Gasteiger partial charge is 0.229 e. The molecular formula is C21H29N5O. The molecule has 1 aliphatic heterocycles. The normalized spacial score (nSPS) is 16.9. The molecule has 1 aliphatic rings. The number of hydrogen-bond acceptors (Lipinski definition) is 5. The molecule has 0 aliphatic carbocycles. The van der Waals surface area contributed by atoms with E-state index in [1.807, 2.05) is 31.2 Å². The number of amides is 1. The molecule has 1 saturated heterocycles. The SMILES string of the molecule is CCN(CC)c1ccc(NC(=O)C2CCCN(c3ccc(C)nn3)C2)cc1. The second kappa shape index (κ2) is 8.84. The van der Waals surface area contributed by atoms with Crippen molar-refractivity contribution in [1.82, 2.24) is 10.2 Å². The molecule has 1 amide bonds. The highest BCUT2D eigenvalue weighted by Crippen LogP contribution is 2.23. The van der Waals surface area contributed by atoms with Gasteiger partial charge in [0, 0.05) is 37.6 Å². The van der Waals surface area contributed by atoms with Gasteiger partial charge in [0.05, 0.1) is 11.6 Å². The molecule has 6 nitrogen and oxygen atoms in total. The van der Waals surface area contributed by atoms with E-state index in [1.54, 1.807) is 0 Å². The summed E-state index contributed by atoms with van der Waals surface area (Å²) in [5.41, 5.74) is 2.93. The highest BCUT2D eigenvalue weighted by atomic mass is 16.1. The molecule has 0 saturated carbocycles. The molecule has 2 heterocycles. The van der Waals surface area contributed by atoms with Crippen LogP contribution < -0.4 is 15.1 Å². The number of rotatable bonds is 6. The first kappa shape index (κ1) is 19.1. The average molecular weight is 367 g/mol. The van der Waals surface area contributed by atoms with Crippen molar-refractivity contribution >= 4 is 23.1 Å². The van der Waals surface area contributed by atoms with Crippen LogP contribution in [0.2, 0.25) is 0 Å². The topological polar surface area (TPSA) is 61.4 Å². The zero-order valence-electron chi connectivity index (χ0n) is 16.5. The van der Waals surface area contributed by atoms with Crippen LogP contribution in [0.5, 0.6) is 0 Å². The lowest BCUT2D eigenvalue weighted by Gasteiger charge is -2.32. The summed E-state index contributed by atoms with van der Waals surface area (Å²) in [5.74, 6) is 0.890. The molecule has 0 radical (unpaired) electrons. The number of aromatic nitrogens is 2. The molecule has 1 fully saturated rings. The first-order valence-electron chi connectivity index (χ1n) is 9.81. The van der Waals surface area contributed by atoms with Crippen LogP contribution in [0.1, 0.15) is 32.4 Å². The highest BCUT2D eigenvalue weighted by molar-refractivity contribution is 5.93. The number of carbonyl (C=O) groups excluding carboxylic acids is 1. The van der Waals surface area contributed by atoms with Crippen molar-refractivity contribution in [2.45, 2.75) is 33.6 Å². The minimum Gasteiger partial charge on any atom is -0.372 e. The average Bonchev–Trinajstić information content (AvgIpc) is 2.71. The third-order valence-corrected chi connectivity index (χ3v) is 5.16. The van der Waals surface area contributed by atoms with E-state index in [1.165, 1.54) is 5.69 Å². The van der Waals surface area contributed by atoms with Gasteiger partial charge in [-0.05, 0) is 70.0 Å². The molecule has 1 N–H and O–H groups in total. The molecule has 27 heavy (non-hydrogen) atoms. The lowest BCUT2D eigenvalue weighted by molar-refractivity contribution is -0.120. The second-order valence-electron chi connectivity index (χ2n) is 7.03. The van der Waals surface area contributed by atoms with Crippen LogP contribution in [0.25, 0.3) is 0 Å². The number of piperidine rings is 1. The van der Waals surface area contributed by atoms with Crippen LogP contribution in [0.3, 0.4) is 0 Å². The Morgan fingerprint density at radius 1 is 1.15 bits per heavy atom. The molecular weight excluding hydrogens is 338 g/mol. The van der Waals surface area contributed by atoms with Gasteiger partial charge in [-0.3, -0.25) is 4.79 Å². The fourth-order valence-electron chi connectivity index (χ4n) is 3.55. The lowest BCUT2D eigenvalue weighted by Crippen LogP contribution is -2.41. The summed E-state index contributed by atoms with van der Waals surface area (Å²) in [7, 11) is 0. The van der Waals surface area contributed by atoms with Gasteiger partial charge in [0.2, 0.25) is 5.91 Å². The van der Waals surface area contributed by atoms with Gasteiger partial charge >= 0.3 is 0 Å². The number of hydrogen-bond donors (Lipinski definition) is 1. The number of anilines is 3. The van der Waals surface area contributed by atoms with E-state index >= 15 is 0 Å². The standard InChI is InChI=1S/C21H29N5O/c1-4-25(5-2)19-11-9-18(10-12-19)22-21(27)17-7-6-14-26(15-17)20-13-8-16(3)23-24-20/h8-13,17H,4-7,14-15H2,1-3H3,(H,22,27). The maximum Gasteiger partial charge on any atom is 0.229 e. The molecule has 144 valence electrons. The Balaban J connectivity index is 1.61. The highest BCUT2D eigenvalue weighted by Gasteiger charge is 2.26. The van der Waals surface area contributed by atoms with E-state index in [4.69, 9.17) is 0 Å². The summed E-state index contributed by atoms with van der Waals surface area (Å²) in [6.45, 7) is 9.76. The monoisotopic (exact) mass is 367 g/mol. The largest absolute Gasteiger partial charge is 0.372 e. The number of nitrogens with zero attached hydrogens (tertiary/aromatic N) is 4. The van der Waals surface area contributed by atoms with E-state index < -0.39 is 0 Å². The van der Waals surface area contributed by atoms with Gasteiger partial charge in [-0.25, -0.2) is 0 Å². The zero-order valence-corrected chi connectivity index (χ0v) is 16.5. The van der Waals surface area contributed by atoms with Gasteiger partial charge in [-0.1, -0.05) is 0 Å². The van der Waals surface area contributed by atoms with E-state index in [-0.39, 0.29) is 11.8 Å². The molecule has 3 rings (SSSR count). The predicted molar refractivity (Wildman–Crippen MR) is 110 cm³/mol. The predicted octanol–water partition coefficient (Wildman–Crippen LogP) is 3.49. The van der Waals surface area contributed by atoms with Crippen molar-refractivity contribution < 1.29 is 4.79 Å². The van der Waals surface area contributed by atoms with Gasteiger partial charge in [-0.15, -0.1) is 5.10 Å². The minimum absolute atomic E-state index is 0.0377. The van der Waals surface area contributed by atoms with Crippen molar-refractivity contribution in [3.8, 4) is 0 Å². The summed E-state index contributed by atoms with van der Waals surface area (Å²) in [6.07, 6.45) is 1.88. The summed E-state index contributed by atoms with van der Waals surface area (Å²) in [5, 5.41) is 11.5. The minimum atomic E-state index is -0.0377. The summed E-state index contributed by atoms with van der Waals surface area (Å²) in [4.78, 5) is 17.2. The number of benzene rings is 1. The molecule has 1 atom stereocenters. The third-order valence-electron chi connectivity index (χ3n) is 5.16. The van der Waals surface area contributed by atoms with Crippen molar-refractivity contribution in [3.05, 3.63) is 42.1 Å². The maximum atomic E-state index is 12.7. The van der Waals surface area contributed by atoms with E-state index in [2.05, 4.69) is 51.3 Å². The van der Waals surface area contributed by atoms with Crippen LogP contribution in [-0.4, -0.2) is 42.3 Å². The Morgan fingerprint density at radius 2 is 1.89 bits per heavy atom. The first-order chi connectivity index (χ1) is 13.1. The summed E-state index contributed by atoms with van der Waals surface area (Å²) in [6, 6.07) is 12.0. The maximum absolute atomic E-state index is 12.7. The van der Waals surface area contributed by atoms with Crippen LogP contribution in [0.4, 0.5) is 17.2 Å². The van der Waals surface area contributed by atoms with Gasteiger partial charge in [0.15, 0.2) is 5.82 Å². The molecule has 6 heteroatoms. The Labute approximate surface area is 161 Å². The van der Waals surface area contributed by atoms with Gasteiger partial charge in [0.1, 0.15) is 0 Å².